The Kier molecular flexibility index (Phi) is 3.37. The molecule has 2 nitrogen and oxygen atoms in total. The highest BCUT2D eigenvalue weighted by Gasteiger charge is 2.21. The summed E-state index contributed by atoms with van der Waals surface area (Å²) in [5.41, 5.74) is 2.71. The Bertz CT molecular complexity index is 515. The molecule has 1 fully saturated rings. The van der Waals surface area contributed by atoms with E-state index in [1.54, 1.807) is 0 Å². The third-order valence-corrected chi connectivity index (χ3v) is 4.27. The van der Waals surface area contributed by atoms with Gasteiger partial charge in [0.05, 0.1) is 0 Å². The largest absolute Gasteiger partial charge is 0.361 e. The number of aromatic nitrogens is 1. The SMILES string of the molecule is CC[C@@H]1CCCCN1Cc1c[nH]c2ccccc12. The number of fused-ring (bicyclic) bond motifs is 1. The van der Waals surface area contributed by atoms with Gasteiger partial charge in [-0.05, 0) is 37.4 Å². The molecule has 1 aliphatic heterocycles. The van der Waals surface area contributed by atoms with Crippen molar-refractivity contribution in [2.75, 3.05) is 6.54 Å². The van der Waals surface area contributed by atoms with Crippen LogP contribution in [0.15, 0.2) is 30.5 Å². The standard InChI is InChI=1S/C16H22N2/c1-2-14-7-5-6-10-18(14)12-13-11-17-16-9-4-3-8-15(13)16/h3-4,8-9,11,14,17H,2,5-7,10,12H2,1H3/t14-/m1/s1. The number of likely N-dealkylation sites (tertiary alicyclic amines) is 1. The quantitative estimate of drug-likeness (QED) is 0.864. The molecule has 0 aliphatic carbocycles. The van der Waals surface area contributed by atoms with Gasteiger partial charge in [0.1, 0.15) is 0 Å². The van der Waals surface area contributed by atoms with Crippen LogP contribution in [0.3, 0.4) is 0 Å². The third kappa shape index (κ3) is 2.17. The Morgan fingerprint density at radius 1 is 1.28 bits per heavy atom. The molecule has 1 aromatic carbocycles. The minimum absolute atomic E-state index is 0.785. The highest BCUT2D eigenvalue weighted by molar-refractivity contribution is 5.82. The van der Waals surface area contributed by atoms with Crippen LogP contribution in [-0.4, -0.2) is 22.5 Å². The topological polar surface area (TPSA) is 19.0 Å². The lowest BCUT2D eigenvalue weighted by Crippen LogP contribution is -2.38. The molecule has 0 bridgehead atoms. The normalized spacial score (nSPS) is 21.5. The number of hydrogen-bond donors (Lipinski definition) is 1. The Hall–Kier alpha value is -1.28. The number of aromatic amines is 1. The molecule has 0 radical (unpaired) electrons. The summed E-state index contributed by atoms with van der Waals surface area (Å²) in [5.74, 6) is 0. The first-order chi connectivity index (χ1) is 8.88. The van der Waals surface area contributed by atoms with Crippen LogP contribution >= 0.6 is 0 Å². The van der Waals surface area contributed by atoms with E-state index < -0.39 is 0 Å². The molecule has 96 valence electrons. The molecule has 1 aromatic heterocycles. The fourth-order valence-electron chi connectivity index (χ4n) is 3.21. The van der Waals surface area contributed by atoms with Gasteiger partial charge in [0, 0.05) is 29.7 Å². The maximum Gasteiger partial charge on any atom is 0.0457 e. The minimum Gasteiger partial charge on any atom is -0.361 e. The second kappa shape index (κ2) is 5.15. The van der Waals surface area contributed by atoms with Crippen molar-refractivity contribution in [3.8, 4) is 0 Å². The van der Waals surface area contributed by atoms with E-state index in [9.17, 15) is 0 Å². The van der Waals surface area contributed by atoms with E-state index in [1.165, 1.54) is 48.7 Å². The molecule has 1 aliphatic rings. The van der Waals surface area contributed by atoms with E-state index in [2.05, 4.69) is 47.3 Å². The van der Waals surface area contributed by atoms with E-state index in [-0.39, 0.29) is 0 Å². The second-order valence-electron chi connectivity index (χ2n) is 5.39. The van der Waals surface area contributed by atoms with Crippen molar-refractivity contribution in [1.29, 1.82) is 0 Å². The monoisotopic (exact) mass is 242 g/mol. The summed E-state index contributed by atoms with van der Waals surface area (Å²) in [4.78, 5) is 6.05. The molecule has 1 atom stereocenters. The molecule has 2 heterocycles. The number of rotatable bonds is 3. The number of nitrogens with zero attached hydrogens (tertiary/aromatic N) is 1. The molecule has 0 unspecified atom stereocenters. The number of hydrogen-bond acceptors (Lipinski definition) is 1. The second-order valence-corrected chi connectivity index (χ2v) is 5.39. The number of piperidine rings is 1. The predicted molar refractivity (Wildman–Crippen MR) is 76.6 cm³/mol. The Morgan fingerprint density at radius 3 is 3.06 bits per heavy atom. The van der Waals surface area contributed by atoms with Crippen molar-refractivity contribution >= 4 is 10.9 Å². The molecule has 0 amide bonds. The van der Waals surface area contributed by atoms with Crippen LogP contribution in [0.2, 0.25) is 0 Å². The van der Waals surface area contributed by atoms with Gasteiger partial charge in [0.25, 0.3) is 0 Å². The molecule has 1 saturated heterocycles. The Morgan fingerprint density at radius 2 is 2.17 bits per heavy atom. The summed E-state index contributed by atoms with van der Waals surface area (Å²) < 4.78 is 0. The lowest BCUT2D eigenvalue weighted by atomic mass is 9.99. The van der Waals surface area contributed by atoms with Crippen molar-refractivity contribution in [3.05, 3.63) is 36.0 Å². The van der Waals surface area contributed by atoms with Crippen molar-refractivity contribution in [2.24, 2.45) is 0 Å². The molecular weight excluding hydrogens is 220 g/mol. The summed E-state index contributed by atoms with van der Waals surface area (Å²) >= 11 is 0. The van der Waals surface area contributed by atoms with E-state index in [0.717, 1.165) is 12.6 Å². The van der Waals surface area contributed by atoms with Crippen molar-refractivity contribution in [3.63, 3.8) is 0 Å². The summed E-state index contributed by atoms with van der Waals surface area (Å²) in [7, 11) is 0. The number of H-pyrrole nitrogens is 1. The van der Waals surface area contributed by atoms with Crippen LogP contribution in [0.1, 0.15) is 38.2 Å². The maximum absolute atomic E-state index is 3.38. The van der Waals surface area contributed by atoms with Gasteiger partial charge in [0.2, 0.25) is 0 Å². The highest BCUT2D eigenvalue weighted by atomic mass is 15.2. The Balaban J connectivity index is 1.82. The van der Waals surface area contributed by atoms with Crippen LogP contribution in [0, 0.1) is 0 Å². The van der Waals surface area contributed by atoms with E-state index in [1.807, 2.05) is 0 Å². The van der Waals surface area contributed by atoms with Crippen LogP contribution < -0.4 is 0 Å². The maximum atomic E-state index is 3.38. The van der Waals surface area contributed by atoms with E-state index in [0.29, 0.717) is 0 Å². The van der Waals surface area contributed by atoms with Gasteiger partial charge in [0.15, 0.2) is 0 Å². The Labute approximate surface area is 109 Å². The molecule has 0 saturated carbocycles. The lowest BCUT2D eigenvalue weighted by Gasteiger charge is -2.35. The van der Waals surface area contributed by atoms with Crippen LogP contribution in [0.5, 0.6) is 0 Å². The van der Waals surface area contributed by atoms with Gasteiger partial charge < -0.3 is 4.98 Å². The van der Waals surface area contributed by atoms with Gasteiger partial charge in [-0.25, -0.2) is 0 Å². The first kappa shape index (κ1) is 11.8. The average molecular weight is 242 g/mol. The summed E-state index contributed by atoms with van der Waals surface area (Å²) in [6.45, 7) is 4.68. The molecule has 0 spiro atoms. The van der Waals surface area contributed by atoms with Crippen LogP contribution in [-0.2, 0) is 6.54 Å². The highest BCUT2D eigenvalue weighted by Crippen LogP contribution is 2.25. The molecular formula is C16H22N2. The average Bonchev–Trinajstić information content (AvgIpc) is 2.83. The van der Waals surface area contributed by atoms with E-state index >= 15 is 0 Å². The third-order valence-electron chi connectivity index (χ3n) is 4.27. The number of para-hydroxylation sites is 1. The van der Waals surface area contributed by atoms with Crippen molar-refractivity contribution in [2.45, 2.75) is 45.2 Å². The van der Waals surface area contributed by atoms with Gasteiger partial charge in [-0.2, -0.15) is 0 Å². The zero-order chi connectivity index (χ0) is 12.4. The summed E-state index contributed by atoms with van der Waals surface area (Å²) in [6.07, 6.45) is 7.61. The molecule has 18 heavy (non-hydrogen) atoms. The summed E-state index contributed by atoms with van der Waals surface area (Å²) in [5, 5.41) is 1.39. The van der Waals surface area contributed by atoms with Gasteiger partial charge in [-0.3, -0.25) is 4.90 Å². The fourth-order valence-corrected chi connectivity index (χ4v) is 3.21. The minimum atomic E-state index is 0.785. The number of benzene rings is 1. The van der Waals surface area contributed by atoms with Crippen LogP contribution in [0.4, 0.5) is 0 Å². The first-order valence-corrected chi connectivity index (χ1v) is 7.17. The molecule has 1 N–H and O–H groups in total. The van der Waals surface area contributed by atoms with Gasteiger partial charge in [-0.15, -0.1) is 0 Å². The molecule has 2 aromatic rings. The van der Waals surface area contributed by atoms with Crippen molar-refractivity contribution in [1.82, 2.24) is 9.88 Å². The van der Waals surface area contributed by atoms with Crippen LogP contribution in [0.25, 0.3) is 10.9 Å². The zero-order valence-electron chi connectivity index (χ0n) is 11.2. The molecule has 3 rings (SSSR count). The van der Waals surface area contributed by atoms with Gasteiger partial charge in [-0.1, -0.05) is 31.5 Å². The molecule has 2 heteroatoms. The van der Waals surface area contributed by atoms with E-state index in [4.69, 9.17) is 0 Å². The predicted octanol–water partition coefficient (Wildman–Crippen LogP) is 3.93. The summed E-state index contributed by atoms with van der Waals surface area (Å²) in [6, 6.07) is 9.40. The number of nitrogens with one attached hydrogen (secondary N) is 1. The lowest BCUT2D eigenvalue weighted by molar-refractivity contribution is 0.136. The zero-order valence-corrected chi connectivity index (χ0v) is 11.2. The first-order valence-electron chi connectivity index (χ1n) is 7.17. The smallest absolute Gasteiger partial charge is 0.0457 e. The van der Waals surface area contributed by atoms with Gasteiger partial charge >= 0.3 is 0 Å². The van der Waals surface area contributed by atoms with Crippen molar-refractivity contribution < 1.29 is 0 Å². The fraction of sp³-hybridized carbons (Fsp3) is 0.500.